The monoisotopic (exact) mass is 500 g/mol. The predicted molar refractivity (Wildman–Crippen MR) is 125 cm³/mol. The summed E-state index contributed by atoms with van der Waals surface area (Å²) in [5.41, 5.74) is 5.73. The number of rotatable bonds is 5. The molecule has 5 heteroatoms. The average Bonchev–Trinajstić information content (AvgIpc) is 2.95. The Hall–Kier alpha value is -1.82. The molecule has 0 saturated carbocycles. The van der Waals surface area contributed by atoms with Gasteiger partial charge in [-0.3, -0.25) is 0 Å². The second-order valence-electron chi connectivity index (χ2n) is 7.29. The van der Waals surface area contributed by atoms with Crippen LogP contribution in [-0.2, 0) is 6.54 Å². The molecule has 0 saturated heterocycles. The Morgan fingerprint density at radius 1 is 0.893 bits per heavy atom. The topological polar surface area (TPSA) is 37.2 Å². The summed E-state index contributed by atoms with van der Waals surface area (Å²) >= 11 is 7.16. The molecule has 0 spiro atoms. The van der Waals surface area contributed by atoms with Crippen molar-refractivity contribution in [2.75, 3.05) is 11.9 Å². The van der Waals surface area contributed by atoms with Gasteiger partial charge in [-0.15, -0.1) is 0 Å². The van der Waals surface area contributed by atoms with Crippen molar-refractivity contribution < 1.29 is 5.11 Å². The van der Waals surface area contributed by atoms with Crippen molar-refractivity contribution in [2.45, 2.75) is 26.5 Å². The zero-order valence-corrected chi connectivity index (χ0v) is 19.0. The molecule has 3 nitrogen and oxygen atoms in total. The lowest BCUT2D eigenvalue weighted by molar-refractivity contribution is 0.169. The molecule has 3 aromatic carbocycles. The molecule has 1 aromatic heterocycles. The summed E-state index contributed by atoms with van der Waals surface area (Å²) in [6.07, 6.45) is -0.508. The first-order valence-corrected chi connectivity index (χ1v) is 10.9. The van der Waals surface area contributed by atoms with Crippen molar-refractivity contribution in [1.82, 2.24) is 4.57 Å². The number of hydrogen-bond donors (Lipinski definition) is 2. The quantitative estimate of drug-likeness (QED) is 0.331. The number of benzene rings is 3. The van der Waals surface area contributed by atoms with Gasteiger partial charge in [0.25, 0.3) is 0 Å². The summed E-state index contributed by atoms with van der Waals surface area (Å²) in [6.45, 7) is 5.19. The van der Waals surface area contributed by atoms with Gasteiger partial charge in [-0.1, -0.05) is 44.0 Å². The number of fused-ring (bicyclic) bond motifs is 3. The molecule has 2 N–H and O–H groups in total. The highest BCUT2D eigenvalue weighted by atomic mass is 79.9. The summed E-state index contributed by atoms with van der Waals surface area (Å²) in [5.74, 6) is 0. The fourth-order valence-corrected chi connectivity index (χ4v) is 4.40. The SMILES string of the molecule is Cc1ccc(C)c(NC[C@@H](O)Cn2c3ccc(Br)cc3c3cc(Br)ccc32)c1. The average molecular weight is 502 g/mol. The predicted octanol–water partition coefficient (Wildman–Crippen LogP) is 6.41. The third-order valence-electron chi connectivity index (χ3n) is 5.10. The van der Waals surface area contributed by atoms with Gasteiger partial charge in [0.05, 0.1) is 12.6 Å². The smallest absolute Gasteiger partial charge is 0.0891 e. The lowest BCUT2D eigenvalue weighted by Crippen LogP contribution is -2.25. The maximum Gasteiger partial charge on any atom is 0.0891 e. The fourth-order valence-electron chi connectivity index (χ4n) is 3.67. The van der Waals surface area contributed by atoms with E-state index in [0.29, 0.717) is 13.1 Å². The molecular formula is C23H22Br2N2O. The van der Waals surface area contributed by atoms with Crippen LogP contribution in [-0.4, -0.2) is 22.3 Å². The number of hydrogen-bond acceptors (Lipinski definition) is 2. The molecular weight excluding hydrogens is 480 g/mol. The van der Waals surface area contributed by atoms with Crippen LogP contribution in [0, 0.1) is 13.8 Å². The Bertz CT molecular complexity index is 1110. The highest BCUT2D eigenvalue weighted by molar-refractivity contribution is 9.10. The van der Waals surface area contributed by atoms with Gasteiger partial charge in [0.2, 0.25) is 0 Å². The van der Waals surface area contributed by atoms with Crippen LogP contribution in [0.4, 0.5) is 5.69 Å². The Morgan fingerprint density at radius 3 is 2.11 bits per heavy atom. The van der Waals surface area contributed by atoms with E-state index in [4.69, 9.17) is 0 Å². The molecule has 1 atom stereocenters. The van der Waals surface area contributed by atoms with Gasteiger partial charge in [-0.25, -0.2) is 0 Å². The fraction of sp³-hybridized carbons (Fsp3) is 0.217. The first-order chi connectivity index (χ1) is 13.4. The van der Waals surface area contributed by atoms with Gasteiger partial charge in [0.1, 0.15) is 0 Å². The van der Waals surface area contributed by atoms with Crippen LogP contribution in [0.3, 0.4) is 0 Å². The minimum Gasteiger partial charge on any atom is -0.389 e. The summed E-state index contributed by atoms with van der Waals surface area (Å²) in [4.78, 5) is 0. The molecule has 0 bridgehead atoms. The second-order valence-corrected chi connectivity index (χ2v) is 9.12. The van der Waals surface area contributed by atoms with Crippen molar-refractivity contribution in [3.63, 3.8) is 0 Å². The minimum absolute atomic E-state index is 0.499. The molecule has 0 fully saturated rings. The number of nitrogens with zero attached hydrogens (tertiary/aromatic N) is 1. The third-order valence-corrected chi connectivity index (χ3v) is 6.09. The molecule has 4 rings (SSSR count). The summed E-state index contributed by atoms with van der Waals surface area (Å²) in [5, 5.41) is 16.5. The number of halogens is 2. The van der Waals surface area contributed by atoms with Crippen LogP contribution < -0.4 is 5.32 Å². The van der Waals surface area contributed by atoms with Crippen LogP contribution in [0.5, 0.6) is 0 Å². The van der Waals surface area contributed by atoms with Crippen molar-refractivity contribution in [2.24, 2.45) is 0 Å². The Kier molecular flexibility index (Phi) is 5.50. The van der Waals surface area contributed by atoms with Crippen LogP contribution >= 0.6 is 31.9 Å². The van der Waals surface area contributed by atoms with Crippen LogP contribution in [0.15, 0.2) is 63.5 Å². The number of nitrogens with one attached hydrogen (secondary N) is 1. The largest absolute Gasteiger partial charge is 0.389 e. The minimum atomic E-state index is -0.508. The van der Waals surface area contributed by atoms with E-state index in [2.05, 4.69) is 98.1 Å². The van der Waals surface area contributed by atoms with Gasteiger partial charge in [0.15, 0.2) is 0 Å². The van der Waals surface area contributed by atoms with Crippen molar-refractivity contribution in [3.05, 3.63) is 74.7 Å². The maximum absolute atomic E-state index is 10.8. The summed E-state index contributed by atoms with van der Waals surface area (Å²) in [7, 11) is 0. The Morgan fingerprint density at radius 2 is 1.50 bits per heavy atom. The first-order valence-electron chi connectivity index (χ1n) is 9.28. The molecule has 0 unspecified atom stereocenters. The normalized spacial score (nSPS) is 12.6. The molecule has 0 aliphatic rings. The van der Waals surface area contributed by atoms with Crippen molar-refractivity contribution in [3.8, 4) is 0 Å². The summed E-state index contributed by atoms with van der Waals surface area (Å²) in [6, 6.07) is 18.9. The number of aryl methyl sites for hydroxylation is 2. The zero-order valence-electron chi connectivity index (χ0n) is 15.8. The van der Waals surface area contributed by atoms with Crippen LogP contribution in [0.1, 0.15) is 11.1 Å². The first kappa shape index (κ1) is 19.5. The van der Waals surface area contributed by atoms with E-state index in [0.717, 1.165) is 25.7 Å². The van der Waals surface area contributed by atoms with E-state index in [-0.39, 0.29) is 0 Å². The van der Waals surface area contributed by atoms with E-state index in [1.807, 2.05) is 12.1 Å². The molecule has 144 valence electrons. The molecule has 0 radical (unpaired) electrons. The maximum atomic E-state index is 10.8. The van der Waals surface area contributed by atoms with Gasteiger partial charge in [-0.2, -0.15) is 0 Å². The Labute approximate surface area is 181 Å². The number of aliphatic hydroxyl groups is 1. The standard InChI is InChI=1S/C23H22Br2N2O/c1-14-3-4-15(2)21(9-14)26-12-18(28)13-27-22-7-5-16(24)10-19(22)20-11-17(25)6-8-23(20)27/h3-11,18,26,28H,12-13H2,1-2H3/t18-/m1/s1. The van der Waals surface area contributed by atoms with Gasteiger partial charge in [-0.05, 0) is 67.4 Å². The van der Waals surface area contributed by atoms with Gasteiger partial charge >= 0.3 is 0 Å². The van der Waals surface area contributed by atoms with E-state index in [1.165, 1.54) is 21.9 Å². The second kappa shape index (κ2) is 7.90. The lowest BCUT2D eigenvalue weighted by atomic mass is 10.1. The Balaban J connectivity index is 1.64. The van der Waals surface area contributed by atoms with E-state index < -0.39 is 6.10 Å². The third kappa shape index (κ3) is 3.84. The number of aromatic nitrogens is 1. The molecule has 1 heterocycles. The molecule has 4 aromatic rings. The number of aliphatic hydroxyl groups excluding tert-OH is 1. The lowest BCUT2D eigenvalue weighted by Gasteiger charge is -2.17. The molecule has 0 aliphatic heterocycles. The van der Waals surface area contributed by atoms with Gasteiger partial charge in [0, 0.05) is 43.0 Å². The highest BCUT2D eigenvalue weighted by Crippen LogP contribution is 2.33. The van der Waals surface area contributed by atoms with E-state index in [9.17, 15) is 5.11 Å². The van der Waals surface area contributed by atoms with Crippen LogP contribution in [0.2, 0.25) is 0 Å². The van der Waals surface area contributed by atoms with E-state index in [1.54, 1.807) is 0 Å². The number of anilines is 1. The van der Waals surface area contributed by atoms with E-state index >= 15 is 0 Å². The zero-order chi connectivity index (χ0) is 19.8. The van der Waals surface area contributed by atoms with Crippen molar-refractivity contribution in [1.29, 1.82) is 0 Å². The molecule has 0 aliphatic carbocycles. The molecule has 28 heavy (non-hydrogen) atoms. The van der Waals surface area contributed by atoms with Crippen molar-refractivity contribution >= 4 is 59.4 Å². The highest BCUT2D eigenvalue weighted by Gasteiger charge is 2.15. The molecule has 0 amide bonds. The summed E-state index contributed by atoms with van der Waals surface area (Å²) < 4.78 is 4.31. The van der Waals surface area contributed by atoms with Gasteiger partial charge < -0.3 is 15.0 Å². The van der Waals surface area contributed by atoms with Crippen LogP contribution in [0.25, 0.3) is 21.8 Å².